The van der Waals surface area contributed by atoms with Crippen LogP contribution < -0.4 is 4.57 Å². The van der Waals surface area contributed by atoms with Gasteiger partial charge < -0.3 is 9.54 Å². The lowest BCUT2D eigenvalue weighted by Gasteiger charge is -2.02. The Morgan fingerprint density at radius 3 is 2.29 bits per heavy atom. The summed E-state index contributed by atoms with van der Waals surface area (Å²) in [5.74, 6) is 1.30. The SMILES string of the molecule is CCOS(=O)(=O)[O-].CCn1cc[n+](C)c1C.c1c[nH]cn1. The summed E-state index contributed by atoms with van der Waals surface area (Å²) < 4.78 is 36.3. The minimum atomic E-state index is -4.42. The average molecular weight is 318 g/mol. The van der Waals surface area contributed by atoms with E-state index >= 15 is 0 Å². The van der Waals surface area contributed by atoms with E-state index in [1.165, 1.54) is 12.7 Å². The fourth-order valence-corrected chi connectivity index (χ4v) is 1.58. The second kappa shape index (κ2) is 10.1. The van der Waals surface area contributed by atoms with Crippen LogP contribution in [0.3, 0.4) is 0 Å². The van der Waals surface area contributed by atoms with Gasteiger partial charge in [-0.3, -0.25) is 4.18 Å². The van der Waals surface area contributed by atoms with Gasteiger partial charge in [-0.05, 0) is 13.8 Å². The molecule has 0 saturated carbocycles. The summed E-state index contributed by atoms with van der Waals surface area (Å²) in [7, 11) is -2.37. The second-order valence-electron chi connectivity index (χ2n) is 3.82. The van der Waals surface area contributed by atoms with Gasteiger partial charge in [0.2, 0.25) is 10.4 Å². The van der Waals surface area contributed by atoms with Crippen LogP contribution in [0.4, 0.5) is 0 Å². The Bertz CT molecular complexity index is 561. The Morgan fingerprint density at radius 1 is 1.48 bits per heavy atom. The summed E-state index contributed by atoms with van der Waals surface area (Å²) in [6, 6.07) is 0. The lowest BCUT2D eigenvalue weighted by molar-refractivity contribution is -0.677. The molecule has 1 N–H and O–H groups in total. The molecule has 21 heavy (non-hydrogen) atoms. The van der Waals surface area contributed by atoms with Crippen LogP contribution in [0.2, 0.25) is 0 Å². The van der Waals surface area contributed by atoms with Crippen molar-refractivity contribution in [3.05, 3.63) is 36.9 Å². The molecule has 0 aliphatic carbocycles. The summed E-state index contributed by atoms with van der Waals surface area (Å²) in [6.07, 6.45) is 9.24. The molecule has 0 unspecified atom stereocenters. The first-order valence-electron chi connectivity index (χ1n) is 6.36. The van der Waals surface area contributed by atoms with Gasteiger partial charge in [-0.1, -0.05) is 0 Å². The van der Waals surface area contributed by atoms with Crippen LogP contribution in [0, 0.1) is 6.92 Å². The van der Waals surface area contributed by atoms with Crippen LogP contribution in [-0.2, 0) is 28.2 Å². The van der Waals surface area contributed by atoms with Crippen molar-refractivity contribution in [2.75, 3.05) is 6.61 Å². The first kappa shape index (κ1) is 19.3. The Kier molecular flexibility index (Phi) is 9.26. The molecule has 2 rings (SSSR count). The molecule has 0 radical (unpaired) electrons. The standard InChI is InChI=1S/C7H13N2.C3H4N2.C2H6O4S/c1-4-9-6-5-8(3)7(9)2;1-2-5-3-4-1;1-2-6-7(3,4)5/h5-6H,4H2,1-3H3;1-3H,(H,4,5);2H2,1H3,(H,3,4,5)/q+1;;/p-1. The van der Waals surface area contributed by atoms with E-state index in [2.05, 4.69) is 56.6 Å². The maximum absolute atomic E-state index is 9.45. The van der Waals surface area contributed by atoms with Crippen molar-refractivity contribution in [1.82, 2.24) is 14.5 Å². The molecule has 0 fully saturated rings. The predicted octanol–water partition coefficient (Wildman–Crippen LogP) is 0.534. The zero-order valence-corrected chi connectivity index (χ0v) is 13.5. The van der Waals surface area contributed by atoms with Crippen LogP contribution in [0.15, 0.2) is 31.1 Å². The number of nitrogens with one attached hydrogen (secondary N) is 1. The number of hydrogen-bond acceptors (Lipinski definition) is 5. The van der Waals surface area contributed by atoms with Gasteiger partial charge >= 0.3 is 0 Å². The maximum atomic E-state index is 9.45. The summed E-state index contributed by atoms with van der Waals surface area (Å²) >= 11 is 0. The number of aromatic nitrogens is 4. The van der Waals surface area contributed by atoms with Crippen LogP contribution in [-0.4, -0.2) is 34.1 Å². The number of nitrogens with zero attached hydrogens (tertiary/aromatic N) is 3. The van der Waals surface area contributed by atoms with Crippen molar-refractivity contribution >= 4 is 10.4 Å². The van der Waals surface area contributed by atoms with E-state index in [-0.39, 0.29) is 6.61 Å². The highest BCUT2D eigenvalue weighted by atomic mass is 32.3. The number of rotatable bonds is 3. The van der Waals surface area contributed by atoms with Crippen LogP contribution >= 0.6 is 0 Å². The highest BCUT2D eigenvalue weighted by Crippen LogP contribution is 1.89. The smallest absolute Gasteiger partial charge is 0.252 e. The molecule has 0 saturated heterocycles. The van der Waals surface area contributed by atoms with E-state index in [0.717, 1.165) is 6.54 Å². The van der Waals surface area contributed by atoms with E-state index in [1.807, 2.05) is 0 Å². The highest BCUT2D eigenvalue weighted by molar-refractivity contribution is 7.80. The summed E-state index contributed by atoms with van der Waals surface area (Å²) in [5.41, 5.74) is 0. The molecule has 0 atom stereocenters. The quantitative estimate of drug-likeness (QED) is 0.505. The van der Waals surface area contributed by atoms with Gasteiger partial charge in [0.1, 0.15) is 12.4 Å². The minimum Gasteiger partial charge on any atom is -0.726 e. The number of H-pyrrole nitrogens is 1. The first-order chi connectivity index (χ1) is 9.81. The van der Waals surface area contributed by atoms with Gasteiger partial charge in [0.05, 0.1) is 26.5 Å². The van der Waals surface area contributed by atoms with E-state index in [1.54, 1.807) is 18.7 Å². The number of hydrogen-bond donors (Lipinski definition) is 1. The van der Waals surface area contributed by atoms with Gasteiger partial charge in [0, 0.05) is 19.3 Å². The lowest BCUT2D eigenvalue weighted by atomic mass is 10.6. The van der Waals surface area contributed by atoms with Crippen LogP contribution in [0.25, 0.3) is 0 Å². The van der Waals surface area contributed by atoms with Crippen molar-refractivity contribution in [3.63, 3.8) is 0 Å². The minimum absolute atomic E-state index is 0.0914. The van der Waals surface area contributed by atoms with E-state index in [4.69, 9.17) is 0 Å². The fraction of sp³-hybridized carbons (Fsp3) is 0.500. The normalized spacial score (nSPS) is 10.1. The fourth-order valence-electron chi connectivity index (χ4n) is 1.29. The summed E-state index contributed by atoms with van der Waals surface area (Å²) in [4.78, 5) is 6.42. The third-order valence-corrected chi connectivity index (χ3v) is 2.93. The number of imidazole rings is 2. The van der Waals surface area contributed by atoms with Crippen molar-refractivity contribution in [1.29, 1.82) is 0 Å². The first-order valence-corrected chi connectivity index (χ1v) is 7.69. The maximum Gasteiger partial charge on any atom is 0.252 e. The van der Waals surface area contributed by atoms with E-state index < -0.39 is 10.4 Å². The molecule has 0 bridgehead atoms. The molecule has 9 heteroatoms. The van der Waals surface area contributed by atoms with Crippen molar-refractivity contribution < 1.29 is 21.7 Å². The molecule has 2 aromatic heterocycles. The zero-order chi connectivity index (χ0) is 16.3. The van der Waals surface area contributed by atoms with Gasteiger partial charge in [0.25, 0.3) is 5.82 Å². The zero-order valence-electron chi connectivity index (χ0n) is 12.7. The van der Waals surface area contributed by atoms with Gasteiger partial charge in [-0.25, -0.2) is 22.5 Å². The molecular formula is C12H22N4O4S. The number of aryl methyl sites for hydroxylation is 2. The van der Waals surface area contributed by atoms with Crippen LogP contribution in [0.1, 0.15) is 19.7 Å². The molecule has 0 aliphatic rings. The third kappa shape index (κ3) is 9.77. The Balaban J connectivity index is 0.000000298. The van der Waals surface area contributed by atoms with Gasteiger partial charge in [-0.2, -0.15) is 0 Å². The Hall–Kier alpha value is -1.71. The van der Waals surface area contributed by atoms with Gasteiger partial charge in [0.15, 0.2) is 0 Å². The van der Waals surface area contributed by atoms with Crippen LogP contribution in [0.5, 0.6) is 0 Å². The molecular weight excluding hydrogens is 296 g/mol. The molecule has 0 amide bonds. The molecule has 2 aromatic rings. The highest BCUT2D eigenvalue weighted by Gasteiger charge is 2.03. The predicted molar refractivity (Wildman–Crippen MR) is 75.9 cm³/mol. The summed E-state index contributed by atoms with van der Waals surface area (Å²) in [5, 5.41) is 0. The van der Waals surface area contributed by atoms with E-state index in [0.29, 0.717) is 0 Å². The van der Waals surface area contributed by atoms with E-state index in [9.17, 15) is 13.0 Å². The van der Waals surface area contributed by atoms with Crippen molar-refractivity contribution in [2.24, 2.45) is 7.05 Å². The molecule has 0 spiro atoms. The topological polar surface area (TPSA) is 104 Å². The molecule has 8 nitrogen and oxygen atoms in total. The second-order valence-corrected chi connectivity index (χ2v) is 4.87. The molecule has 2 heterocycles. The lowest BCUT2D eigenvalue weighted by Crippen LogP contribution is -2.29. The average Bonchev–Trinajstić information content (AvgIpc) is 3.04. The molecule has 0 aliphatic heterocycles. The van der Waals surface area contributed by atoms with Crippen molar-refractivity contribution in [3.8, 4) is 0 Å². The van der Waals surface area contributed by atoms with Crippen molar-refractivity contribution in [2.45, 2.75) is 27.3 Å². The Morgan fingerprint density at radius 2 is 2.14 bits per heavy atom. The largest absolute Gasteiger partial charge is 0.726 e. The summed E-state index contributed by atoms with van der Waals surface area (Å²) in [6.45, 7) is 6.66. The Labute approximate surface area is 125 Å². The third-order valence-electron chi connectivity index (χ3n) is 2.41. The monoisotopic (exact) mass is 318 g/mol. The number of aromatic amines is 1. The molecule has 120 valence electrons. The van der Waals surface area contributed by atoms with Gasteiger partial charge in [-0.15, -0.1) is 0 Å². The molecule has 0 aromatic carbocycles.